The number of pyridine rings is 2. The van der Waals surface area contributed by atoms with E-state index >= 15 is 0 Å². The highest BCUT2D eigenvalue weighted by molar-refractivity contribution is 6.10. The van der Waals surface area contributed by atoms with Gasteiger partial charge in [0.15, 0.2) is 5.82 Å². The fourth-order valence-corrected chi connectivity index (χ4v) is 4.83. The van der Waals surface area contributed by atoms with Crippen molar-refractivity contribution >= 4 is 23.6 Å². The molecular formula is C26H32N8O4. The first-order valence-electron chi connectivity index (χ1n) is 12.6. The van der Waals surface area contributed by atoms with E-state index in [0.29, 0.717) is 41.0 Å². The largest absolute Gasteiger partial charge is 0.443 e. The van der Waals surface area contributed by atoms with Crippen LogP contribution >= 0.6 is 0 Å². The lowest BCUT2D eigenvalue weighted by Crippen LogP contribution is -2.27. The van der Waals surface area contributed by atoms with Crippen molar-refractivity contribution in [2.24, 2.45) is 0 Å². The molecule has 2 amide bonds. The fraction of sp³-hybridized carbons (Fsp3) is 0.462. The van der Waals surface area contributed by atoms with Crippen LogP contribution in [0.15, 0.2) is 24.3 Å². The van der Waals surface area contributed by atoms with E-state index in [2.05, 4.69) is 20.1 Å². The van der Waals surface area contributed by atoms with E-state index in [4.69, 9.17) is 19.4 Å². The molecule has 12 nitrogen and oxygen atoms in total. The summed E-state index contributed by atoms with van der Waals surface area (Å²) in [6.07, 6.45) is 1.21. The highest BCUT2D eigenvalue weighted by atomic mass is 16.5. The zero-order chi connectivity index (χ0) is 27.0. The molecule has 0 bridgehead atoms. The third kappa shape index (κ3) is 4.55. The molecule has 12 heteroatoms. The fourth-order valence-electron chi connectivity index (χ4n) is 4.83. The first-order valence-corrected chi connectivity index (χ1v) is 12.6. The quantitative estimate of drug-likeness (QED) is 0.477. The third-order valence-corrected chi connectivity index (χ3v) is 7.10. The van der Waals surface area contributed by atoms with Gasteiger partial charge in [-0.25, -0.2) is 14.8 Å². The standard InChI is InChI=1S/C26H32N8O4/c1-15(2)32(4)23-11-17-18(20(29-23)14-38-26(36)27-3)12-33(25(17)35)21-8-6-7-19(28-21)24-31-30-22-10-9-16(13-37-5)34(22)24/h6-8,11,15-16H,9-10,12-14H2,1-5H3,(H,27,36)/t16-/m1/s1. The summed E-state index contributed by atoms with van der Waals surface area (Å²) < 4.78 is 12.8. The maximum absolute atomic E-state index is 13.7. The van der Waals surface area contributed by atoms with Crippen molar-refractivity contribution < 1.29 is 19.1 Å². The molecule has 0 aliphatic carbocycles. The number of anilines is 2. The third-order valence-electron chi connectivity index (χ3n) is 7.10. The molecule has 2 aliphatic heterocycles. The molecule has 0 aromatic carbocycles. The second-order valence-corrected chi connectivity index (χ2v) is 9.71. The van der Waals surface area contributed by atoms with E-state index in [-0.39, 0.29) is 31.1 Å². The summed E-state index contributed by atoms with van der Waals surface area (Å²) in [6.45, 7) is 4.86. The topological polar surface area (TPSA) is 128 Å². The predicted molar refractivity (Wildman–Crippen MR) is 140 cm³/mol. The molecule has 0 fully saturated rings. The Morgan fingerprint density at radius 1 is 1.26 bits per heavy atom. The number of carbonyl (C=O) groups excluding carboxylic acids is 2. The number of aromatic nitrogens is 5. The second kappa shape index (κ2) is 10.4. The molecule has 0 saturated heterocycles. The van der Waals surface area contributed by atoms with Crippen LogP contribution in [-0.4, -0.2) is 70.6 Å². The highest BCUT2D eigenvalue weighted by Gasteiger charge is 2.34. The van der Waals surface area contributed by atoms with E-state index in [1.165, 1.54) is 7.05 Å². The summed E-state index contributed by atoms with van der Waals surface area (Å²) >= 11 is 0. The van der Waals surface area contributed by atoms with Gasteiger partial charge in [0.2, 0.25) is 0 Å². The molecule has 1 N–H and O–H groups in total. The number of methoxy groups -OCH3 is 1. The number of carbonyl (C=O) groups is 2. The van der Waals surface area contributed by atoms with Crippen molar-refractivity contribution in [3.63, 3.8) is 0 Å². The summed E-state index contributed by atoms with van der Waals surface area (Å²) in [6, 6.07) is 7.64. The van der Waals surface area contributed by atoms with Crippen molar-refractivity contribution in [1.29, 1.82) is 0 Å². The van der Waals surface area contributed by atoms with Gasteiger partial charge in [-0.2, -0.15) is 0 Å². The van der Waals surface area contributed by atoms with Crippen LogP contribution in [0.2, 0.25) is 0 Å². The highest BCUT2D eigenvalue weighted by Crippen LogP contribution is 2.34. The number of ether oxygens (including phenoxy) is 2. The Kier molecular flexibility index (Phi) is 6.98. The van der Waals surface area contributed by atoms with Crippen LogP contribution in [0.4, 0.5) is 16.4 Å². The summed E-state index contributed by atoms with van der Waals surface area (Å²) in [7, 11) is 5.10. The van der Waals surface area contributed by atoms with Gasteiger partial charge in [-0.05, 0) is 38.5 Å². The van der Waals surface area contributed by atoms with E-state index in [1.807, 2.05) is 37.9 Å². The van der Waals surface area contributed by atoms with Crippen LogP contribution < -0.4 is 15.1 Å². The van der Waals surface area contributed by atoms with Gasteiger partial charge in [0.25, 0.3) is 5.91 Å². The minimum absolute atomic E-state index is 0.0524. The molecule has 5 heterocycles. The van der Waals surface area contributed by atoms with E-state index in [9.17, 15) is 9.59 Å². The molecule has 0 radical (unpaired) electrons. The molecular weight excluding hydrogens is 488 g/mol. The van der Waals surface area contributed by atoms with Crippen LogP contribution in [0.5, 0.6) is 0 Å². The monoisotopic (exact) mass is 520 g/mol. The summed E-state index contributed by atoms with van der Waals surface area (Å²) in [4.78, 5) is 38.6. The zero-order valence-electron chi connectivity index (χ0n) is 22.3. The molecule has 38 heavy (non-hydrogen) atoms. The van der Waals surface area contributed by atoms with Crippen LogP contribution in [0, 0.1) is 0 Å². The Bertz CT molecular complexity index is 1370. The Hall–Kier alpha value is -4.06. The lowest BCUT2D eigenvalue weighted by molar-refractivity contribution is 0.0996. The number of amides is 2. The van der Waals surface area contributed by atoms with E-state index in [0.717, 1.165) is 24.2 Å². The van der Waals surface area contributed by atoms with Crippen LogP contribution in [-0.2, 0) is 29.0 Å². The van der Waals surface area contributed by atoms with Crippen molar-refractivity contribution in [3.8, 4) is 11.5 Å². The SMILES string of the molecule is CNC(=O)OCc1nc(N(C)C(C)C)cc2c1CN(c1cccc(-c3nnc4n3[C@@H](COC)CC4)n1)C2=O. The average molecular weight is 521 g/mol. The van der Waals surface area contributed by atoms with Gasteiger partial charge in [-0.1, -0.05) is 6.07 Å². The average Bonchev–Trinajstić information content (AvgIpc) is 3.61. The number of aryl methyl sites for hydroxylation is 1. The van der Waals surface area contributed by atoms with Gasteiger partial charge in [-0.3, -0.25) is 9.69 Å². The Morgan fingerprint density at radius 2 is 2.08 bits per heavy atom. The number of nitrogens with one attached hydrogen (secondary N) is 1. The Morgan fingerprint density at radius 3 is 2.82 bits per heavy atom. The van der Waals surface area contributed by atoms with Gasteiger partial charge in [-0.15, -0.1) is 10.2 Å². The minimum atomic E-state index is -0.564. The molecule has 0 saturated carbocycles. The van der Waals surface area contributed by atoms with Crippen molar-refractivity contribution in [2.45, 2.75) is 51.9 Å². The van der Waals surface area contributed by atoms with Gasteiger partial charge < -0.3 is 24.3 Å². The molecule has 3 aromatic rings. The van der Waals surface area contributed by atoms with Crippen molar-refractivity contribution in [1.82, 2.24) is 30.0 Å². The lowest BCUT2D eigenvalue weighted by atomic mass is 10.1. The molecule has 5 rings (SSSR count). The molecule has 3 aromatic heterocycles. The number of alkyl carbamates (subject to hydrolysis) is 1. The summed E-state index contributed by atoms with van der Waals surface area (Å²) in [5, 5.41) is 11.2. The summed E-state index contributed by atoms with van der Waals surface area (Å²) in [5.74, 6) is 2.52. The van der Waals surface area contributed by atoms with Crippen molar-refractivity contribution in [3.05, 3.63) is 46.9 Å². The first-order chi connectivity index (χ1) is 18.3. The molecule has 0 spiro atoms. The predicted octanol–water partition coefficient (Wildman–Crippen LogP) is 2.73. The number of hydrogen-bond acceptors (Lipinski definition) is 9. The number of rotatable bonds is 8. The normalized spacial score (nSPS) is 16.1. The minimum Gasteiger partial charge on any atom is -0.443 e. The van der Waals surface area contributed by atoms with Crippen LogP contribution in [0.25, 0.3) is 11.5 Å². The van der Waals surface area contributed by atoms with Crippen LogP contribution in [0.1, 0.15) is 53.7 Å². The molecule has 200 valence electrons. The number of hydrogen-bond donors (Lipinski definition) is 1. The van der Waals surface area contributed by atoms with Gasteiger partial charge in [0.1, 0.15) is 29.8 Å². The lowest BCUT2D eigenvalue weighted by Gasteiger charge is -2.23. The maximum atomic E-state index is 13.7. The summed E-state index contributed by atoms with van der Waals surface area (Å²) in [5.41, 5.74) is 2.41. The smallest absolute Gasteiger partial charge is 0.407 e. The number of nitrogens with zero attached hydrogens (tertiary/aromatic N) is 7. The van der Waals surface area contributed by atoms with Crippen molar-refractivity contribution in [2.75, 3.05) is 37.6 Å². The van der Waals surface area contributed by atoms with E-state index < -0.39 is 6.09 Å². The van der Waals surface area contributed by atoms with Gasteiger partial charge >= 0.3 is 6.09 Å². The number of fused-ring (bicyclic) bond motifs is 2. The first kappa shape index (κ1) is 25.6. The molecule has 1 atom stereocenters. The van der Waals surface area contributed by atoms with E-state index in [1.54, 1.807) is 24.1 Å². The molecule has 0 unspecified atom stereocenters. The Balaban J connectivity index is 1.49. The van der Waals surface area contributed by atoms with Gasteiger partial charge in [0, 0.05) is 39.2 Å². The molecule has 2 aliphatic rings. The second-order valence-electron chi connectivity index (χ2n) is 9.71. The van der Waals surface area contributed by atoms with Crippen LogP contribution in [0.3, 0.4) is 0 Å². The van der Waals surface area contributed by atoms with Gasteiger partial charge in [0.05, 0.1) is 30.5 Å². The Labute approximate surface area is 221 Å². The zero-order valence-corrected chi connectivity index (χ0v) is 22.3. The maximum Gasteiger partial charge on any atom is 0.407 e.